The van der Waals surface area contributed by atoms with Crippen LogP contribution in [0.2, 0.25) is 0 Å². The summed E-state index contributed by atoms with van der Waals surface area (Å²) in [5, 5.41) is 7.18. The van der Waals surface area contributed by atoms with Crippen LogP contribution in [0.4, 0.5) is 5.69 Å². The standard InChI is InChI=1S/C16H20N4O2/c1-10(17-3)8-15-18-16(22-19-15)13-4-5-14-12(9-13)6-7-20(14)11(2)21/h4-5,9-10,17H,6-8H2,1-3H3. The van der Waals surface area contributed by atoms with Gasteiger partial charge < -0.3 is 14.7 Å². The first-order valence-electron chi connectivity index (χ1n) is 7.49. The average molecular weight is 300 g/mol. The number of hydrogen-bond acceptors (Lipinski definition) is 5. The van der Waals surface area contributed by atoms with E-state index >= 15 is 0 Å². The van der Waals surface area contributed by atoms with Gasteiger partial charge >= 0.3 is 0 Å². The van der Waals surface area contributed by atoms with Gasteiger partial charge in [0.05, 0.1) is 0 Å². The highest BCUT2D eigenvalue weighted by molar-refractivity contribution is 5.94. The third-order valence-electron chi connectivity index (χ3n) is 4.05. The number of amides is 1. The molecule has 0 radical (unpaired) electrons. The molecule has 1 N–H and O–H groups in total. The first-order valence-corrected chi connectivity index (χ1v) is 7.49. The molecule has 6 heteroatoms. The molecule has 1 aromatic heterocycles. The molecule has 1 aromatic carbocycles. The zero-order chi connectivity index (χ0) is 15.7. The first-order chi connectivity index (χ1) is 10.6. The van der Waals surface area contributed by atoms with Gasteiger partial charge in [-0.3, -0.25) is 4.79 Å². The topological polar surface area (TPSA) is 71.3 Å². The third kappa shape index (κ3) is 2.74. The minimum absolute atomic E-state index is 0.0765. The Morgan fingerprint density at radius 1 is 1.50 bits per heavy atom. The molecule has 6 nitrogen and oxygen atoms in total. The molecule has 2 heterocycles. The predicted octanol–water partition coefficient (Wildman–Crippen LogP) is 1.80. The van der Waals surface area contributed by atoms with E-state index in [0.29, 0.717) is 17.8 Å². The van der Waals surface area contributed by atoms with Crippen molar-refractivity contribution in [1.82, 2.24) is 15.5 Å². The number of likely N-dealkylation sites (N-methyl/N-ethyl adjacent to an activating group) is 1. The van der Waals surface area contributed by atoms with Crippen LogP contribution in [0, 0.1) is 0 Å². The van der Waals surface area contributed by atoms with E-state index in [4.69, 9.17) is 4.52 Å². The summed E-state index contributed by atoms with van der Waals surface area (Å²) >= 11 is 0. The fourth-order valence-electron chi connectivity index (χ4n) is 2.69. The molecule has 1 unspecified atom stereocenters. The molecule has 0 bridgehead atoms. The minimum atomic E-state index is 0.0765. The molecule has 0 saturated heterocycles. The van der Waals surface area contributed by atoms with Gasteiger partial charge in [-0.25, -0.2) is 0 Å². The van der Waals surface area contributed by atoms with Gasteiger partial charge in [0.1, 0.15) is 0 Å². The first kappa shape index (κ1) is 14.7. The molecule has 1 aliphatic heterocycles. The molecule has 116 valence electrons. The lowest BCUT2D eigenvalue weighted by molar-refractivity contribution is -0.116. The van der Waals surface area contributed by atoms with E-state index in [0.717, 1.165) is 36.2 Å². The van der Waals surface area contributed by atoms with Crippen molar-refractivity contribution in [1.29, 1.82) is 0 Å². The molecule has 22 heavy (non-hydrogen) atoms. The molecule has 0 spiro atoms. The number of nitrogens with zero attached hydrogens (tertiary/aromatic N) is 3. The molecule has 3 rings (SSSR count). The summed E-state index contributed by atoms with van der Waals surface area (Å²) in [7, 11) is 1.91. The average Bonchev–Trinajstić information content (AvgIpc) is 3.12. The molecule has 1 atom stereocenters. The van der Waals surface area contributed by atoms with Crippen LogP contribution in [0.1, 0.15) is 25.2 Å². The van der Waals surface area contributed by atoms with Crippen molar-refractivity contribution in [2.75, 3.05) is 18.5 Å². The Balaban J connectivity index is 1.83. The zero-order valence-electron chi connectivity index (χ0n) is 13.1. The minimum Gasteiger partial charge on any atom is -0.334 e. The highest BCUT2D eigenvalue weighted by atomic mass is 16.5. The summed E-state index contributed by atoms with van der Waals surface area (Å²) < 4.78 is 5.36. The highest BCUT2D eigenvalue weighted by Crippen LogP contribution is 2.31. The number of fused-ring (bicyclic) bond motifs is 1. The van der Waals surface area contributed by atoms with Gasteiger partial charge in [0.25, 0.3) is 5.89 Å². The summed E-state index contributed by atoms with van der Waals surface area (Å²) in [5.41, 5.74) is 3.04. The van der Waals surface area contributed by atoms with Crippen LogP contribution in [-0.4, -0.2) is 35.7 Å². The van der Waals surface area contributed by atoms with E-state index in [9.17, 15) is 4.79 Å². The number of nitrogens with one attached hydrogen (secondary N) is 1. The molecular formula is C16H20N4O2. The lowest BCUT2D eigenvalue weighted by Crippen LogP contribution is -2.25. The molecule has 0 saturated carbocycles. The van der Waals surface area contributed by atoms with Gasteiger partial charge in [-0.15, -0.1) is 0 Å². The van der Waals surface area contributed by atoms with Gasteiger partial charge in [0, 0.05) is 37.2 Å². The van der Waals surface area contributed by atoms with Crippen LogP contribution in [0.3, 0.4) is 0 Å². The largest absolute Gasteiger partial charge is 0.334 e. The maximum atomic E-state index is 11.6. The fourth-order valence-corrected chi connectivity index (χ4v) is 2.69. The lowest BCUT2D eigenvalue weighted by Gasteiger charge is -2.14. The van der Waals surface area contributed by atoms with Crippen molar-refractivity contribution in [3.05, 3.63) is 29.6 Å². The second-order valence-corrected chi connectivity index (χ2v) is 5.67. The number of anilines is 1. The summed E-state index contributed by atoms with van der Waals surface area (Å²) in [6.45, 7) is 4.40. The van der Waals surface area contributed by atoms with E-state index < -0.39 is 0 Å². The number of benzene rings is 1. The van der Waals surface area contributed by atoms with Crippen molar-refractivity contribution in [3.8, 4) is 11.5 Å². The Morgan fingerprint density at radius 3 is 3.05 bits per heavy atom. The maximum Gasteiger partial charge on any atom is 0.257 e. The van der Waals surface area contributed by atoms with Crippen LogP contribution in [0.15, 0.2) is 22.7 Å². The highest BCUT2D eigenvalue weighted by Gasteiger charge is 2.23. The zero-order valence-corrected chi connectivity index (χ0v) is 13.1. The number of rotatable bonds is 4. The van der Waals surface area contributed by atoms with Crippen molar-refractivity contribution < 1.29 is 9.32 Å². The van der Waals surface area contributed by atoms with Gasteiger partial charge in [-0.1, -0.05) is 5.16 Å². The van der Waals surface area contributed by atoms with Gasteiger partial charge in [0.2, 0.25) is 5.91 Å². The van der Waals surface area contributed by atoms with E-state index in [-0.39, 0.29) is 5.91 Å². The summed E-state index contributed by atoms with van der Waals surface area (Å²) in [4.78, 5) is 17.8. The number of aromatic nitrogens is 2. The van der Waals surface area contributed by atoms with Crippen LogP contribution in [0.25, 0.3) is 11.5 Å². The van der Waals surface area contributed by atoms with E-state index in [1.807, 2.05) is 25.2 Å². The Labute approximate surface area is 129 Å². The monoisotopic (exact) mass is 300 g/mol. The Hall–Kier alpha value is -2.21. The number of hydrogen-bond donors (Lipinski definition) is 1. The molecular weight excluding hydrogens is 280 g/mol. The van der Waals surface area contributed by atoms with E-state index in [1.54, 1.807) is 11.8 Å². The summed E-state index contributed by atoms with van der Waals surface area (Å²) in [6, 6.07) is 6.23. The summed E-state index contributed by atoms with van der Waals surface area (Å²) in [5.74, 6) is 1.30. The second kappa shape index (κ2) is 5.88. The maximum absolute atomic E-state index is 11.6. The normalized spacial score (nSPS) is 15.0. The van der Waals surface area contributed by atoms with E-state index in [2.05, 4.69) is 22.4 Å². The fraction of sp³-hybridized carbons (Fsp3) is 0.438. The molecule has 2 aromatic rings. The lowest BCUT2D eigenvalue weighted by atomic mass is 10.1. The van der Waals surface area contributed by atoms with E-state index in [1.165, 1.54) is 0 Å². The van der Waals surface area contributed by atoms with Crippen LogP contribution in [0.5, 0.6) is 0 Å². The Kier molecular flexibility index (Phi) is 3.94. The van der Waals surface area contributed by atoms with Crippen molar-refractivity contribution in [2.45, 2.75) is 32.7 Å². The molecule has 0 aliphatic carbocycles. The quantitative estimate of drug-likeness (QED) is 0.932. The second-order valence-electron chi connectivity index (χ2n) is 5.67. The van der Waals surface area contributed by atoms with Crippen LogP contribution < -0.4 is 10.2 Å². The van der Waals surface area contributed by atoms with Crippen molar-refractivity contribution in [3.63, 3.8) is 0 Å². The molecule has 0 fully saturated rings. The van der Waals surface area contributed by atoms with Crippen molar-refractivity contribution >= 4 is 11.6 Å². The molecule has 1 amide bonds. The third-order valence-corrected chi connectivity index (χ3v) is 4.05. The number of carbonyl (C=O) groups is 1. The van der Waals surface area contributed by atoms with Crippen LogP contribution in [-0.2, 0) is 17.6 Å². The van der Waals surface area contributed by atoms with Gasteiger partial charge in [-0.05, 0) is 44.2 Å². The predicted molar refractivity (Wildman–Crippen MR) is 83.7 cm³/mol. The van der Waals surface area contributed by atoms with Crippen molar-refractivity contribution in [2.24, 2.45) is 0 Å². The SMILES string of the molecule is CNC(C)Cc1noc(-c2ccc3c(c2)CCN3C(C)=O)n1. The Morgan fingerprint density at radius 2 is 2.32 bits per heavy atom. The van der Waals surface area contributed by atoms with Gasteiger partial charge in [-0.2, -0.15) is 4.98 Å². The smallest absolute Gasteiger partial charge is 0.257 e. The Bertz CT molecular complexity index is 695. The number of carbonyl (C=O) groups excluding carboxylic acids is 1. The summed E-state index contributed by atoms with van der Waals surface area (Å²) in [6.07, 6.45) is 1.59. The van der Waals surface area contributed by atoms with Crippen LogP contribution >= 0.6 is 0 Å². The van der Waals surface area contributed by atoms with Gasteiger partial charge in [0.15, 0.2) is 5.82 Å². The molecule has 1 aliphatic rings.